The van der Waals surface area contributed by atoms with Gasteiger partial charge < -0.3 is 15.4 Å². The molecule has 2 N–H and O–H groups in total. The molecule has 1 aromatic heterocycles. The monoisotopic (exact) mass is 324 g/mol. The van der Waals surface area contributed by atoms with E-state index in [1.54, 1.807) is 11.3 Å². The van der Waals surface area contributed by atoms with Crippen molar-refractivity contribution >= 4 is 23.3 Å². The van der Waals surface area contributed by atoms with Gasteiger partial charge in [0.1, 0.15) is 5.60 Å². The summed E-state index contributed by atoms with van der Waals surface area (Å²) < 4.78 is 5.27. The summed E-state index contributed by atoms with van der Waals surface area (Å²) in [6.45, 7) is 6.03. The van der Waals surface area contributed by atoms with E-state index in [0.717, 1.165) is 24.1 Å². The normalized spacial score (nSPS) is 21.4. The van der Waals surface area contributed by atoms with Gasteiger partial charge in [-0.25, -0.2) is 4.79 Å². The highest BCUT2D eigenvalue weighted by Crippen LogP contribution is 2.26. The van der Waals surface area contributed by atoms with Crippen LogP contribution in [0.2, 0.25) is 0 Å². The number of thiophene rings is 1. The minimum atomic E-state index is -0.528. The molecule has 0 unspecified atom stereocenters. The zero-order chi connectivity index (χ0) is 16.2. The van der Waals surface area contributed by atoms with Crippen molar-refractivity contribution in [3.8, 4) is 0 Å². The first-order chi connectivity index (χ1) is 10.3. The third-order valence-corrected chi connectivity index (χ3v) is 4.45. The molecule has 6 heteroatoms. The van der Waals surface area contributed by atoms with Crippen LogP contribution in [-0.2, 0) is 16.1 Å². The highest BCUT2D eigenvalue weighted by Gasteiger charge is 2.34. The van der Waals surface area contributed by atoms with Crippen molar-refractivity contribution in [1.29, 1.82) is 0 Å². The van der Waals surface area contributed by atoms with Gasteiger partial charge in [-0.1, -0.05) is 12.5 Å². The summed E-state index contributed by atoms with van der Waals surface area (Å²) in [7, 11) is 0. The van der Waals surface area contributed by atoms with Gasteiger partial charge in [0.05, 0.1) is 12.5 Å². The molecule has 0 saturated heterocycles. The Morgan fingerprint density at radius 1 is 1.36 bits per heavy atom. The van der Waals surface area contributed by atoms with Crippen molar-refractivity contribution in [1.82, 2.24) is 10.6 Å². The Hall–Kier alpha value is -1.56. The van der Waals surface area contributed by atoms with E-state index in [-0.39, 0.29) is 17.9 Å². The van der Waals surface area contributed by atoms with E-state index in [4.69, 9.17) is 4.74 Å². The Bertz CT molecular complexity index is 508. The average Bonchev–Trinajstić information content (AvgIpc) is 3.04. The molecule has 22 heavy (non-hydrogen) atoms. The second-order valence-corrected chi connectivity index (χ2v) is 7.62. The smallest absolute Gasteiger partial charge is 0.407 e. The lowest BCUT2D eigenvalue weighted by molar-refractivity contribution is -0.125. The number of carbonyl (C=O) groups excluding carboxylic acids is 2. The highest BCUT2D eigenvalue weighted by molar-refractivity contribution is 7.09. The highest BCUT2D eigenvalue weighted by atomic mass is 32.1. The van der Waals surface area contributed by atoms with Crippen LogP contribution in [0.5, 0.6) is 0 Å². The molecule has 1 aliphatic rings. The van der Waals surface area contributed by atoms with E-state index in [2.05, 4.69) is 10.6 Å². The molecule has 0 aliphatic heterocycles. The summed E-state index contributed by atoms with van der Waals surface area (Å²) in [5.41, 5.74) is -0.528. The fourth-order valence-corrected chi connectivity index (χ4v) is 3.27. The standard InChI is InChI=1S/C16H24N2O3S/c1-16(2,3)21-15(20)18-13-8-4-7-12(13)14(19)17-10-11-6-5-9-22-11/h5-6,9,12-13H,4,7-8,10H2,1-3H3,(H,17,19)(H,18,20)/t12-,13+/m0/s1. The van der Waals surface area contributed by atoms with Crippen LogP contribution in [0, 0.1) is 5.92 Å². The van der Waals surface area contributed by atoms with E-state index in [9.17, 15) is 9.59 Å². The molecule has 2 amide bonds. The number of hydrogen-bond acceptors (Lipinski definition) is 4. The van der Waals surface area contributed by atoms with Crippen molar-refractivity contribution in [2.45, 2.75) is 58.2 Å². The van der Waals surface area contributed by atoms with Gasteiger partial charge in [0.15, 0.2) is 0 Å². The first kappa shape index (κ1) is 16.8. The zero-order valence-corrected chi connectivity index (χ0v) is 14.2. The minimum Gasteiger partial charge on any atom is -0.444 e. The number of amides is 2. The van der Waals surface area contributed by atoms with Crippen molar-refractivity contribution < 1.29 is 14.3 Å². The van der Waals surface area contributed by atoms with E-state index >= 15 is 0 Å². The van der Waals surface area contributed by atoms with Gasteiger partial charge in [0.2, 0.25) is 5.91 Å². The summed E-state index contributed by atoms with van der Waals surface area (Å²) in [4.78, 5) is 25.3. The minimum absolute atomic E-state index is 0.00644. The summed E-state index contributed by atoms with van der Waals surface area (Å²) in [6.07, 6.45) is 2.11. The lowest BCUT2D eigenvalue weighted by atomic mass is 10.0. The van der Waals surface area contributed by atoms with Crippen molar-refractivity contribution in [2.75, 3.05) is 0 Å². The molecular formula is C16H24N2O3S. The molecule has 2 atom stereocenters. The van der Waals surface area contributed by atoms with E-state index < -0.39 is 11.7 Å². The molecule has 1 fully saturated rings. The lowest BCUT2D eigenvalue weighted by Crippen LogP contribution is -2.45. The molecular weight excluding hydrogens is 300 g/mol. The fraction of sp³-hybridized carbons (Fsp3) is 0.625. The Morgan fingerprint density at radius 2 is 2.14 bits per heavy atom. The van der Waals surface area contributed by atoms with Crippen LogP contribution in [0.1, 0.15) is 44.9 Å². The number of rotatable bonds is 4. The van der Waals surface area contributed by atoms with Crippen molar-refractivity contribution in [3.63, 3.8) is 0 Å². The van der Waals surface area contributed by atoms with Gasteiger partial charge in [0, 0.05) is 10.9 Å². The van der Waals surface area contributed by atoms with Crippen LogP contribution in [0.15, 0.2) is 17.5 Å². The second-order valence-electron chi connectivity index (χ2n) is 6.59. The van der Waals surface area contributed by atoms with E-state index in [0.29, 0.717) is 6.54 Å². The van der Waals surface area contributed by atoms with Gasteiger partial charge in [-0.2, -0.15) is 0 Å². The molecule has 1 saturated carbocycles. The van der Waals surface area contributed by atoms with Crippen LogP contribution in [0.25, 0.3) is 0 Å². The van der Waals surface area contributed by atoms with Crippen LogP contribution >= 0.6 is 11.3 Å². The maximum Gasteiger partial charge on any atom is 0.407 e. The summed E-state index contributed by atoms with van der Waals surface area (Å²) in [5, 5.41) is 7.79. The van der Waals surface area contributed by atoms with Crippen LogP contribution in [0.4, 0.5) is 4.79 Å². The molecule has 1 heterocycles. The third-order valence-electron chi connectivity index (χ3n) is 3.57. The van der Waals surface area contributed by atoms with E-state index in [1.165, 1.54) is 0 Å². The molecule has 122 valence electrons. The van der Waals surface area contributed by atoms with Crippen LogP contribution < -0.4 is 10.6 Å². The van der Waals surface area contributed by atoms with E-state index in [1.807, 2.05) is 38.3 Å². The molecule has 0 bridgehead atoms. The Kier molecular flexibility index (Phi) is 5.45. The van der Waals surface area contributed by atoms with Crippen LogP contribution in [0.3, 0.4) is 0 Å². The summed E-state index contributed by atoms with van der Waals surface area (Å²) in [5.74, 6) is -0.167. The predicted molar refractivity (Wildman–Crippen MR) is 86.7 cm³/mol. The molecule has 1 aromatic rings. The quantitative estimate of drug-likeness (QED) is 0.894. The average molecular weight is 324 g/mol. The first-order valence-electron chi connectivity index (χ1n) is 7.65. The molecule has 1 aliphatic carbocycles. The SMILES string of the molecule is CC(C)(C)OC(=O)N[C@@H]1CCC[C@@H]1C(=O)NCc1cccs1. The number of carbonyl (C=O) groups is 2. The molecule has 0 radical (unpaired) electrons. The molecule has 5 nitrogen and oxygen atoms in total. The van der Waals surface area contributed by atoms with Gasteiger partial charge in [-0.15, -0.1) is 11.3 Å². The molecule has 0 spiro atoms. The van der Waals surface area contributed by atoms with Gasteiger partial charge in [-0.3, -0.25) is 4.79 Å². The first-order valence-corrected chi connectivity index (χ1v) is 8.53. The van der Waals surface area contributed by atoms with Crippen molar-refractivity contribution in [2.24, 2.45) is 5.92 Å². The topological polar surface area (TPSA) is 67.4 Å². The van der Waals surface area contributed by atoms with Gasteiger partial charge in [0.25, 0.3) is 0 Å². The molecule has 2 rings (SSSR count). The molecule has 0 aromatic carbocycles. The fourth-order valence-electron chi connectivity index (χ4n) is 2.62. The number of hydrogen-bond donors (Lipinski definition) is 2. The predicted octanol–water partition coefficient (Wildman–Crippen LogP) is 3.06. The zero-order valence-electron chi connectivity index (χ0n) is 13.3. The van der Waals surface area contributed by atoms with Crippen LogP contribution in [-0.4, -0.2) is 23.6 Å². The Morgan fingerprint density at radius 3 is 2.77 bits per heavy atom. The Labute approximate surface area is 135 Å². The van der Waals surface area contributed by atoms with Crippen molar-refractivity contribution in [3.05, 3.63) is 22.4 Å². The second kappa shape index (κ2) is 7.13. The lowest BCUT2D eigenvalue weighted by Gasteiger charge is -2.24. The number of alkyl carbamates (subject to hydrolysis) is 1. The number of nitrogens with one attached hydrogen (secondary N) is 2. The third kappa shape index (κ3) is 5.02. The summed E-state index contributed by atoms with van der Waals surface area (Å²) >= 11 is 1.62. The van der Waals surface area contributed by atoms with Gasteiger partial charge >= 0.3 is 6.09 Å². The maximum atomic E-state index is 12.3. The largest absolute Gasteiger partial charge is 0.444 e. The maximum absolute atomic E-state index is 12.3. The number of ether oxygens (including phenoxy) is 1. The Balaban J connectivity index is 1.84. The summed E-state index contributed by atoms with van der Waals surface area (Å²) in [6, 6.07) is 3.82. The van der Waals surface area contributed by atoms with Gasteiger partial charge in [-0.05, 0) is 45.1 Å².